The minimum absolute atomic E-state index is 0.119. The van der Waals surface area contributed by atoms with Gasteiger partial charge in [-0.2, -0.15) is 5.10 Å². The number of carbonyl (C=O) groups is 1. The molecule has 27 heavy (non-hydrogen) atoms. The molecule has 4 rings (SSSR count). The molecule has 0 radical (unpaired) electrons. The van der Waals surface area contributed by atoms with Crippen LogP contribution in [-0.2, 0) is 4.79 Å². The highest BCUT2D eigenvalue weighted by Crippen LogP contribution is 2.36. The summed E-state index contributed by atoms with van der Waals surface area (Å²) in [4.78, 5) is 12.2. The van der Waals surface area contributed by atoms with Crippen LogP contribution in [0.3, 0.4) is 0 Å². The van der Waals surface area contributed by atoms with Gasteiger partial charge in [0.2, 0.25) is 0 Å². The lowest BCUT2D eigenvalue weighted by Crippen LogP contribution is -2.26. The molecule has 3 aromatic rings. The van der Waals surface area contributed by atoms with E-state index in [-0.39, 0.29) is 12.5 Å². The van der Waals surface area contributed by atoms with E-state index in [0.717, 1.165) is 33.7 Å². The number of rotatable bonds is 5. The third kappa shape index (κ3) is 3.40. The van der Waals surface area contributed by atoms with Gasteiger partial charge in [0, 0.05) is 11.1 Å². The first-order chi connectivity index (χ1) is 13.3. The number of ether oxygens (including phenoxy) is 2. The topological polar surface area (TPSA) is 59.9 Å². The second-order valence-corrected chi connectivity index (χ2v) is 6.05. The zero-order chi connectivity index (χ0) is 18.6. The molecule has 1 aliphatic carbocycles. The quantitative estimate of drug-likeness (QED) is 0.554. The van der Waals surface area contributed by atoms with Crippen LogP contribution in [0.15, 0.2) is 77.9 Å². The van der Waals surface area contributed by atoms with Crippen LogP contribution in [0.2, 0.25) is 0 Å². The number of hydrazone groups is 1. The number of fused-ring (bicyclic) bond motifs is 3. The van der Waals surface area contributed by atoms with Gasteiger partial charge in [-0.3, -0.25) is 4.79 Å². The summed E-state index contributed by atoms with van der Waals surface area (Å²) >= 11 is 0. The van der Waals surface area contributed by atoms with Crippen molar-refractivity contribution in [2.75, 3.05) is 13.7 Å². The molecule has 1 aliphatic rings. The third-order valence-electron chi connectivity index (χ3n) is 4.38. The van der Waals surface area contributed by atoms with E-state index < -0.39 is 0 Å². The van der Waals surface area contributed by atoms with Crippen LogP contribution in [0.5, 0.6) is 11.5 Å². The SMILES string of the molecule is COc1ccc(OCC(=O)NN=C2c3ccccc3-c3ccccc32)cc1. The Kier molecular flexibility index (Phi) is 4.58. The number of amides is 1. The third-order valence-corrected chi connectivity index (χ3v) is 4.38. The number of benzene rings is 3. The van der Waals surface area contributed by atoms with Crippen molar-refractivity contribution in [3.8, 4) is 22.6 Å². The largest absolute Gasteiger partial charge is 0.497 e. The number of nitrogens with one attached hydrogen (secondary N) is 1. The van der Waals surface area contributed by atoms with Gasteiger partial charge in [0.25, 0.3) is 5.91 Å². The first-order valence-corrected chi connectivity index (χ1v) is 8.59. The molecule has 0 atom stereocenters. The summed E-state index contributed by atoms with van der Waals surface area (Å²) in [6, 6.07) is 23.1. The molecule has 0 heterocycles. The Morgan fingerprint density at radius 1 is 0.815 bits per heavy atom. The van der Waals surface area contributed by atoms with Crippen molar-refractivity contribution >= 4 is 11.6 Å². The van der Waals surface area contributed by atoms with Crippen molar-refractivity contribution in [1.29, 1.82) is 0 Å². The maximum Gasteiger partial charge on any atom is 0.277 e. The minimum atomic E-state index is -0.319. The predicted molar refractivity (Wildman–Crippen MR) is 104 cm³/mol. The molecule has 1 N–H and O–H groups in total. The van der Waals surface area contributed by atoms with Gasteiger partial charge in [-0.25, -0.2) is 5.43 Å². The van der Waals surface area contributed by atoms with Crippen LogP contribution in [-0.4, -0.2) is 25.3 Å². The van der Waals surface area contributed by atoms with E-state index in [1.54, 1.807) is 31.4 Å². The van der Waals surface area contributed by atoms with Gasteiger partial charge in [0.1, 0.15) is 11.5 Å². The van der Waals surface area contributed by atoms with Crippen molar-refractivity contribution in [3.05, 3.63) is 83.9 Å². The van der Waals surface area contributed by atoms with Crippen molar-refractivity contribution in [3.63, 3.8) is 0 Å². The molecule has 0 saturated heterocycles. The molecule has 0 bridgehead atoms. The summed E-state index contributed by atoms with van der Waals surface area (Å²) in [5.74, 6) is 1.01. The zero-order valence-corrected chi connectivity index (χ0v) is 14.8. The summed E-state index contributed by atoms with van der Waals surface area (Å²) in [7, 11) is 1.60. The van der Waals surface area contributed by atoms with Crippen LogP contribution in [0.1, 0.15) is 11.1 Å². The van der Waals surface area contributed by atoms with E-state index in [0.29, 0.717) is 5.75 Å². The number of hydrogen-bond acceptors (Lipinski definition) is 4. The molecule has 0 saturated carbocycles. The van der Waals surface area contributed by atoms with E-state index in [1.165, 1.54) is 0 Å². The summed E-state index contributed by atoms with van der Waals surface area (Å²) < 4.78 is 10.6. The first-order valence-electron chi connectivity index (χ1n) is 8.59. The Hall–Kier alpha value is -3.60. The summed E-state index contributed by atoms with van der Waals surface area (Å²) in [6.45, 7) is -0.119. The van der Waals surface area contributed by atoms with Gasteiger partial charge in [-0.15, -0.1) is 0 Å². The van der Waals surface area contributed by atoms with Crippen molar-refractivity contribution in [1.82, 2.24) is 5.43 Å². The van der Waals surface area contributed by atoms with Crippen LogP contribution in [0.25, 0.3) is 11.1 Å². The van der Waals surface area contributed by atoms with Gasteiger partial charge in [-0.05, 0) is 35.4 Å². The van der Waals surface area contributed by atoms with Gasteiger partial charge >= 0.3 is 0 Å². The standard InChI is InChI=1S/C22H18N2O3/c1-26-15-10-12-16(13-11-15)27-14-21(25)23-24-22-19-8-4-2-6-17(19)18-7-3-5-9-20(18)22/h2-13H,14H2,1H3,(H,23,25). The summed E-state index contributed by atoms with van der Waals surface area (Å²) in [5.41, 5.74) is 7.62. The lowest BCUT2D eigenvalue weighted by atomic mass is 10.1. The fourth-order valence-electron chi connectivity index (χ4n) is 3.09. The zero-order valence-electron chi connectivity index (χ0n) is 14.8. The minimum Gasteiger partial charge on any atom is -0.497 e. The maximum atomic E-state index is 12.2. The average molecular weight is 358 g/mol. The molecule has 5 heteroatoms. The average Bonchev–Trinajstić information content (AvgIpc) is 3.05. The van der Waals surface area contributed by atoms with Crippen LogP contribution in [0.4, 0.5) is 0 Å². The summed E-state index contributed by atoms with van der Waals surface area (Å²) in [6.07, 6.45) is 0. The molecule has 3 aromatic carbocycles. The van der Waals surface area contributed by atoms with E-state index >= 15 is 0 Å². The highest BCUT2D eigenvalue weighted by Gasteiger charge is 2.24. The Morgan fingerprint density at radius 2 is 1.33 bits per heavy atom. The van der Waals surface area contributed by atoms with Crippen LogP contribution < -0.4 is 14.9 Å². The first kappa shape index (κ1) is 16.8. The van der Waals surface area contributed by atoms with Crippen LogP contribution >= 0.6 is 0 Å². The lowest BCUT2D eigenvalue weighted by molar-refractivity contribution is -0.123. The van der Waals surface area contributed by atoms with Crippen molar-refractivity contribution in [2.24, 2.45) is 5.10 Å². The monoisotopic (exact) mass is 358 g/mol. The predicted octanol–water partition coefficient (Wildman–Crippen LogP) is 3.62. The number of carbonyl (C=O) groups excluding carboxylic acids is 1. The Morgan fingerprint density at radius 3 is 1.89 bits per heavy atom. The maximum absolute atomic E-state index is 12.2. The Balaban J connectivity index is 1.47. The highest BCUT2D eigenvalue weighted by atomic mass is 16.5. The molecule has 134 valence electrons. The number of hydrogen-bond donors (Lipinski definition) is 1. The molecule has 0 aromatic heterocycles. The number of methoxy groups -OCH3 is 1. The fraction of sp³-hybridized carbons (Fsp3) is 0.0909. The highest BCUT2D eigenvalue weighted by molar-refractivity contribution is 6.24. The van der Waals surface area contributed by atoms with Crippen molar-refractivity contribution in [2.45, 2.75) is 0 Å². The van der Waals surface area contributed by atoms with Crippen molar-refractivity contribution < 1.29 is 14.3 Å². The Labute approximate surface area is 157 Å². The van der Waals surface area contributed by atoms with Gasteiger partial charge in [0.15, 0.2) is 6.61 Å². The number of nitrogens with zero attached hydrogens (tertiary/aromatic N) is 1. The molecule has 0 spiro atoms. The van der Waals surface area contributed by atoms with E-state index in [2.05, 4.69) is 22.7 Å². The van der Waals surface area contributed by atoms with Gasteiger partial charge in [-0.1, -0.05) is 48.5 Å². The van der Waals surface area contributed by atoms with E-state index in [4.69, 9.17) is 9.47 Å². The Bertz CT molecular complexity index is 963. The smallest absolute Gasteiger partial charge is 0.277 e. The lowest BCUT2D eigenvalue weighted by Gasteiger charge is -2.07. The second kappa shape index (κ2) is 7.33. The molecular formula is C22H18N2O3. The van der Waals surface area contributed by atoms with E-state index in [1.807, 2.05) is 36.4 Å². The second-order valence-electron chi connectivity index (χ2n) is 6.05. The fourth-order valence-corrected chi connectivity index (χ4v) is 3.09. The van der Waals surface area contributed by atoms with Gasteiger partial charge in [0.05, 0.1) is 12.8 Å². The molecular weight excluding hydrogens is 340 g/mol. The summed E-state index contributed by atoms with van der Waals surface area (Å²) in [5, 5.41) is 4.36. The molecule has 0 aliphatic heterocycles. The molecule has 1 amide bonds. The van der Waals surface area contributed by atoms with E-state index in [9.17, 15) is 4.79 Å². The molecule has 0 fully saturated rings. The molecule has 5 nitrogen and oxygen atoms in total. The molecule has 0 unspecified atom stereocenters. The normalized spacial score (nSPS) is 11.4. The van der Waals surface area contributed by atoms with Crippen LogP contribution in [0, 0.1) is 0 Å². The van der Waals surface area contributed by atoms with Gasteiger partial charge < -0.3 is 9.47 Å².